The van der Waals surface area contributed by atoms with Crippen molar-refractivity contribution in [1.29, 1.82) is 0 Å². The molecular formula is C15H18N2O2. The molecule has 1 aliphatic carbocycles. The lowest BCUT2D eigenvalue weighted by Gasteiger charge is -2.10. The van der Waals surface area contributed by atoms with Gasteiger partial charge in [-0.05, 0) is 18.9 Å². The number of nitrogens with zero attached hydrogens (tertiary/aromatic N) is 1. The Morgan fingerprint density at radius 2 is 2.05 bits per heavy atom. The molecule has 2 aromatic rings. The molecule has 0 unspecified atom stereocenters. The number of aromatic nitrogens is 1. The van der Waals surface area contributed by atoms with Crippen LogP contribution in [0.15, 0.2) is 30.5 Å². The summed E-state index contributed by atoms with van der Waals surface area (Å²) in [5, 5.41) is 0.956. The van der Waals surface area contributed by atoms with Gasteiger partial charge < -0.3 is 4.57 Å². The summed E-state index contributed by atoms with van der Waals surface area (Å²) in [6, 6.07) is 7.87. The Hall–Kier alpha value is -1.81. The lowest BCUT2D eigenvalue weighted by molar-refractivity contribution is -0.0124. The highest BCUT2D eigenvalue weighted by atomic mass is 16.7. The van der Waals surface area contributed by atoms with Gasteiger partial charge in [-0.15, -0.1) is 0 Å². The molecule has 0 bridgehead atoms. The summed E-state index contributed by atoms with van der Waals surface area (Å²) >= 11 is 0. The van der Waals surface area contributed by atoms with E-state index in [1.165, 1.54) is 12.8 Å². The Morgan fingerprint density at radius 1 is 1.32 bits per heavy atom. The first-order valence-corrected chi connectivity index (χ1v) is 6.76. The highest BCUT2D eigenvalue weighted by Crippen LogP contribution is 2.22. The Kier molecular flexibility index (Phi) is 3.25. The number of hydrogen-bond acceptors (Lipinski definition) is 2. The van der Waals surface area contributed by atoms with E-state index in [1.54, 1.807) is 0 Å². The molecule has 3 rings (SSSR count). The van der Waals surface area contributed by atoms with Gasteiger partial charge in [-0.2, -0.15) is 0 Å². The average Bonchev–Trinajstić information content (AvgIpc) is 3.05. The van der Waals surface area contributed by atoms with E-state index in [9.17, 15) is 4.79 Å². The third-order valence-electron chi connectivity index (χ3n) is 3.76. The molecule has 0 aliphatic heterocycles. The van der Waals surface area contributed by atoms with Crippen LogP contribution < -0.4 is 5.48 Å². The fourth-order valence-electron chi connectivity index (χ4n) is 2.72. The Morgan fingerprint density at radius 3 is 2.84 bits per heavy atom. The zero-order valence-electron chi connectivity index (χ0n) is 11.1. The Balaban J connectivity index is 1.77. The van der Waals surface area contributed by atoms with Crippen LogP contribution in [-0.2, 0) is 11.9 Å². The summed E-state index contributed by atoms with van der Waals surface area (Å²) in [4.78, 5) is 17.6. The lowest BCUT2D eigenvalue weighted by atomic mass is 10.2. The van der Waals surface area contributed by atoms with E-state index in [4.69, 9.17) is 4.84 Å². The normalized spacial score (nSPS) is 16.1. The molecular weight excluding hydrogens is 240 g/mol. The van der Waals surface area contributed by atoms with Crippen LogP contribution in [0.25, 0.3) is 10.9 Å². The van der Waals surface area contributed by atoms with Crippen molar-refractivity contribution in [3.05, 3.63) is 36.0 Å². The topological polar surface area (TPSA) is 43.3 Å². The number of benzene rings is 1. The van der Waals surface area contributed by atoms with E-state index in [-0.39, 0.29) is 12.0 Å². The molecule has 0 saturated heterocycles. The van der Waals surface area contributed by atoms with E-state index in [0.29, 0.717) is 5.56 Å². The Bertz CT molecular complexity index is 597. The Labute approximate surface area is 112 Å². The van der Waals surface area contributed by atoms with Crippen LogP contribution in [0.5, 0.6) is 0 Å². The summed E-state index contributed by atoms with van der Waals surface area (Å²) in [6.07, 6.45) is 6.48. The molecule has 1 aliphatic rings. The summed E-state index contributed by atoms with van der Waals surface area (Å²) < 4.78 is 1.96. The second kappa shape index (κ2) is 5.05. The van der Waals surface area contributed by atoms with E-state index in [2.05, 4.69) is 5.48 Å². The molecule has 4 heteroatoms. The minimum atomic E-state index is -0.163. The van der Waals surface area contributed by atoms with Gasteiger partial charge in [-0.3, -0.25) is 9.63 Å². The van der Waals surface area contributed by atoms with Crippen LogP contribution >= 0.6 is 0 Å². The van der Waals surface area contributed by atoms with Crippen molar-refractivity contribution in [1.82, 2.24) is 10.0 Å². The number of fused-ring (bicyclic) bond motifs is 1. The monoisotopic (exact) mass is 258 g/mol. The third kappa shape index (κ3) is 2.36. The number of rotatable bonds is 3. The summed E-state index contributed by atoms with van der Waals surface area (Å²) in [6.45, 7) is 0. The number of aryl methyl sites for hydroxylation is 1. The van der Waals surface area contributed by atoms with Gasteiger partial charge >= 0.3 is 0 Å². The van der Waals surface area contributed by atoms with Crippen molar-refractivity contribution in [2.75, 3.05) is 0 Å². The molecule has 1 amide bonds. The summed E-state index contributed by atoms with van der Waals surface area (Å²) in [7, 11) is 1.94. The second-order valence-electron chi connectivity index (χ2n) is 5.13. The van der Waals surface area contributed by atoms with Gasteiger partial charge in [0.2, 0.25) is 0 Å². The minimum absolute atomic E-state index is 0.163. The SMILES string of the molecule is Cn1cc(C(=O)NOC2CCCC2)c2ccccc21. The zero-order valence-corrected chi connectivity index (χ0v) is 11.1. The van der Waals surface area contributed by atoms with E-state index >= 15 is 0 Å². The number of nitrogens with one attached hydrogen (secondary N) is 1. The maximum atomic E-state index is 12.2. The summed E-state index contributed by atoms with van der Waals surface area (Å²) in [5.41, 5.74) is 4.31. The third-order valence-corrected chi connectivity index (χ3v) is 3.76. The van der Waals surface area contributed by atoms with Gasteiger partial charge in [0.1, 0.15) is 0 Å². The smallest absolute Gasteiger partial charge is 0.277 e. The van der Waals surface area contributed by atoms with Crippen molar-refractivity contribution in [2.24, 2.45) is 7.05 Å². The maximum Gasteiger partial charge on any atom is 0.277 e. The van der Waals surface area contributed by atoms with Crippen molar-refractivity contribution in [2.45, 2.75) is 31.8 Å². The van der Waals surface area contributed by atoms with Gasteiger partial charge in [0.15, 0.2) is 0 Å². The van der Waals surface area contributed by atoms with Crippen LogP contribution in [0.4, 0.5) is 0 Å². The molecule has 0 spiro atoms. The highest BCUT2D eigenvalue weighted by molar-refractivity contribution is 6.06. The first-order chi connectivity index (χ1) is 9.25. The average molecular weight is 258 g/mol. The first-order valence-electron chi connectivity index (χ1n) is 6.76. The number of carbonyl (C=O) groups is 1. The van der Waals surface area contributed by atoms with Gasteiger partial charge in [0, 0.05) is 24.1 Å². The second-order valence-corrected chi connectivity index (χ2v) is 5.13. The maximum absolute atomic E-state index is 12.2. The number of hydroxylamine groups is 1. The van der Waals surface area contributed by atoms with Crippen LogP contribution in [0, 0.1) is 0 Å². The van der Waals surface area contributed by atoms with E-state index in [0.717, 1.165) is 23.7 Å². The van der Waals surface area contributed by atoms with E-state index < -0.39 is 0 Å². The number of para-hydroxylation sites is 1. The molecule has 1 aromatic carbocycles. The fraction of sp³-hybridized carbons (Fsp3) is 0.400. The van der Waals surface area contributed by atoms with Crippen molar-refractivity contribution in [3.8, 4) is 0 Å². The van der Waals surface area contributed by atoms with Crippen LogP contribution in [0.2, 0.25) is 0 Å². The van der Waals surface area contributed by atoms with E-state index in [1.807, 2.05) is 42.1 Å². The largest absolute Gasteiger partial charge is 0.350 e. The molecule has 0 atom stereocenters. The zero-order chi connectivity index (χ0) is 13.2. The molecule has 19 heavy (non-hydrogen) atoms. The molecule has 1 fully saturated rings. The molecule has 1 aromatic heterocycles. The molecule has 1 saturated carbocycles. The van der Waals surface area contributed by atoms with Gasteiger partial charge in [-0.1, -0.05) is 31.0 Å². The molecule has 1 N–H and O–H groups in total. The van der Waals surface area contributed by atoms with Gasteiger partial charge in [0.25, 0.3) is 5.91 Å². The summed E-state index contributed by atoms with van der Waals surface area (Å²) in [5.74, 6) is -0.163. The first kappa shape index (κ1) is 12.2. The molecule has 100 valence electrons. The van der Waals surface area contributed by atoms with Gasteiger partial charge in [-0.25, -0.2) is 5.48 Å². The molecule has 4 nitrogen and oxygen atoms in total. The van der Waals surface area contributed by atoms with Crippen molar-refractivity contribution < 1.29 is 9.63 Å². The quantitative estimate of drug-likeness (QED) is 0.860. The van der Waals surface area contributed by atoms with Crippen LogP contribution in [0.1, 0.15) is 36.0 Å². The predicted molar refractivity (Wildman–Crippen MR) is 73.7 cm³/mol. The molecule has 1 heterocycles. The predicted octanol–water partition coefficient (Wildman–Crippen LogP) is 2.78. The lowest BCUT2D eigenvalue weighted by Crippen LogP contribution is -2.28. The number of carbonyl (C=O) groups excluding carboxylic acids is 1. The van der Waals surface area contributed by atoms with Gasteiger partial charge in [0.05, 0.1) is 11.7 Å². The molecule has 0 radical (unpaired) electrons. The van der Waals surface area contributed by atoms with Crippen molar-refractivity contribution >= 4 is 16.8 Å². The number of amides is 1. The standard InChI is InChI=1S/C15H18N2O2/c1-17-10-13(12-8-4-5-9-14(12)17)15(18)16-19-11-6-2-3-7-11/h4-5,8-11H,2-3,6-7H2,1H3,(H,16,18). The van der Waals surface area contributed by atoms with Crippen LogP contribution in [-0.4, -0.2) is 16.6 Å². The minimum Gasteiger partial charge on any atom is -0.350 e. The fourth-order valence-corrected chi connectivity index (χ4v) is 2.72. The highest BCUT2D eigenvalue weighted by Gasteiger charge is 2.19. The van der Waals surface area contributed by atoms with Crippen molar-refractivity contribution in [3.63, 3.8) is 0 Å². The number of hydrogen-bond donors (Lipinski definition) is 1. The van der Waals surface area contributed by atoms with Crippen LogP contribution in [0.3, 0.4) is 0 Å².